The van der Waals surface area contributed by atoms with Crippen LogP contribution in [0.25, 0.3) is 0 Å². The van der Waals surface area contributed by atoms with Crippen molar-refractivity contribution in [3.8, 4) is 6.07 Å². The van der Waals surface area contributed by atoms with Crippen molar-refractivity contribution in [2.75, 3.05) is 12.3 Å². The SMILES string of the molecule is CC1SCCN(C(=O)C(C)(C)C#N)C1C. The fraction of sp³-hybridized carbons (Fsp3) is 0.818. The average molecular weight is 226 g/mol. The topological polar surface area (TPSA) is 44.1 Å². The summed E-state index contributed by atoms with van der Waals surface area (Å²) in [4.78, 5) is 14.0. The predicted molar refractivity (Wildman–Crippen MR) is 62.5 cm³/mol. The minimum absolute atomic E-state index is 0.0374. The lowest BCUT2D eigenvalue weighted by Crippen LogP contribution is -2.52. The second kappa shape index (κ2) is 4.44. The van der Waals surface area contributed by atoms with Crippen LogP contribution in [0.4, 0.5) is 0 Å². The Morgan fingerprint density at radius 2 is 2.13 bits per heavy atom. The summed E-state index contributed by atoms with van der Waals surface area (Å²) < 4.78 is 0. The van der Waals surface area contributed by atoms with E-state index in [1.165, 1.54) is 0 Å². The molecule has 2 unspecified atom stereocenters. The van der Waals surface area contributed by atoms with Crippen LogP contribution in [-0.4, -0.2) is 34.4 Å². The first-order chi connectivity index (χ1) is 6.90. The van der Waals surface area contributed by atoms with Gasteiger partial charge < -0.3 is 4.90 Å². The maximum Gasteiger partial charge on any atom is 0.242 e. The Kier molecular flexibility index (Phi) is 3.67. The molecule has 1 aliphatic heterocycles. The molecule has 1 aliphatic rings. The van der Waals surface area contributed by atoms with Crippen LogP contribution < -0.4 is 0 Å². The molecule has 0 spiro atoms. The van der Waals surface area contributed by atoms with Gasteiger partial charge in [0.05, 0.1) is 6.07 Å². The van der Waals surface area contributed by atoms with Gasteiger partial charge in [0.2, 0.25) is 5.91 Å². The summed E-state index contributed by atoms with van der Waals surface area (Å²) in [6.07, 6.45) is 0. The number of thioether (sulfide) groups is 1. The number of rotatable bonds is 1. The Morgan fingerprint density at radius 3 is 2.67 bits per heavy atom. The Morgan fingerprint density at radius 1 is 1.53 bits per heavy atom. The van der Waals surface area contributed by atoms with Gasteiger partial charge in [0.1, 0.15) is 5.41 Å². The lowest BCUT2D eigenvalue weighted by atomic mass is 9.93. The van der Waals surface area contributed by atoms with Gasteiger partial charge in [-0.05, 0) is 20.8 Å². The molecule has 0 aliphatic carbocycles. The second-order valence-corrected chi connectivity index (χ2v) is 6.04. The molecule has 0 bridgehead atoms. The summed E-state index contributed by atoms with van der Waals surface area (Å²) >= 11 is 1.89. The van der Waals surface area contributed by atoms with Crippen molar-refractivity contribution in [2.24, 2.45) is 5.41 Å². The highest BCUT2D eigenvalue weighted by Crippen LogP contribution is 2.28. The van der Waals surface area contributed by atoms with Crippen LogP contribution in [0.5, 0.6) is 0 Å². The fourth-order valence-corrected chi connectivity index (χ4v) is 2.73. The molecular weight excluding hydrogens is 208 g/mol. The molecule has 1 saturated heterocycles. The fourth-order valence-electron chi connectivity index (χ4n) is 1.63. The number of nitriles is 1. The number of hydrogen-bond donors (Lipinski definition) is 0. The number of carbonyl (C=O) groups is 1. The molecule has 0 radical (unpaired) electrons. The zero-order valence-electron chi connectivity index (χ0n) is 9.78. The van der Waals surface area contributed by atoms with Crippen molar-refractivity contribution in [1.82, 2.24) is 4.90 Å². The monoisotopic (exact) mass is 226 g/mol. The summed E-state index contributed by atoms with van der Waals surface area (Å²) in [6, 6.07) is 2.30. The first-order valence-electron chi connectivity index (χ1n) is 5.24. The Labute approximate surface area is 95.8 Å². The van der Waals surface area contributed by atoms with Crippen LogP contribution in [0.1, 0.15) is 27.7 Å². The van der Waals surface area contributed by atoms with E-state index in [2.05, 4.69) is 19.9 Å². The molecule has 4 heteroatoms. The smallest absolute Gasteiger partial charge is 0.242 e. The van der Waals surface area contributed by atoms with Gasteiger partial charge in [0.15, 0.2) is 0 Å². The molecule has 0 aromatic carbocycles. The van der Waals surface area contributed by atoms with Crippen molar-refractivity contribution in [3.63, 3.8) is 0 Å². The molecule has 1 fully saturated rings. The third-order valence-electron chi connectivity index (χ3n) is 2.96. The Hall–Kier alpha value is -0.690. The first-order valence-corrected chi connectivity index (χ1v) is 6.29. The standard InChI is InChI=1S/C11H18N2OS/c1-8-9(2)15-6-5-13(8)10(14)11(3,4)7-12/h8-9H,5-6H2,1-4H3. The molecule has 0 N–H and O–H groups in total. The molecule has 0 saturated carbocycles. The van der Waals surface area contributed by atoms with E-state index >= 15 is 0 Å². The van der Waals surface area contributed by atoms with Gasteiger partial charge in [-0.25, -0.2) is 0 Å². The van der Waals surface area contributed by atoms with Crippen molar-refractivity contribution in [3.05, 3.63) is 0 Å². The minimum Gasteiger partial charge on any atom is -0.337 e. The molecule has 3 nitrogen and oxygen atoms in total. The number of nitrogens with zero attached hydrogens (tertiary/aromatic N) is 2. The zero-order valence-corrected chi connectivity index (χ0v) is 10.6. The molecule has 84 valence electrons. The van der Waals surface area contributed by atoms with E-state index in [0.717, 1.165) is 12.3 Å². The Balaban J connectivity index is 2.80. The molecule has 2 atom stereocenters. The van der Waals surface area contributed by atoms with E-state index in [1.54, 1.807) is 13.8 Å². The summed E-state index contributed by atoms with van der Waals surface area (Å²) in [5.74, 6) is 0.934. The molecule has 0 aromatic heterocycles. The summed E-state index contributed by atoms with van der Waals surface area (Å²) in [7, 11) is 0. The molecule has 0 aromatic rings. The van der Waals surface area contributed by atoms with Crippen molar-refractivity contribution in [1.29, 1.82) is 5.26 Å². The maximum absolute atomic E-state index is 12.1. The van der Waals surface area contributed by atoms with Gasteiger partial charge in [-0.2, -0.15) is 17.0 Å². The largest absolute Gasteiger partial charge is 0.337 e. The van der Waals surface area contributed by atoms with Crippen LogP contribution in [-0.2, 0) is 4.79 Å². The highest BCUT2D eigenvalue weighted by molar-refractivity contribution is 8.00. The second-order valence-electron chi connectivity index (χ2n) is 4.55. The highest BCUT2D eigenvalue weighted by Gasteiger charge is 2.37. The lowest BCUT2D eigenvalue weighted by Gasteiger charge is -2.39. The Bertz CT molecular complexity index is 295. The van der Waals surface area contributed by atoms with E-state index < -0.39 is 5.41 Å². The molecular formula is C11H18N2OS. The molecule has 1 heterocycles. The number of carbonyl (C=O) groups excluding carboxylic acids is 1. The normalized spacial score (nSPS) is 27.3. The molecule has 1 amide bonds. The predicted octanol–water partition coefficient (Wildman–Crippen LogP) is 1.89. The van der Waals surface area contributed by atoms with Gasteiger partial charge in [0, 0.05) is 23.6 Å². The van der Waals surface area contributed by atoms with Gasteiger partial charge in [-0.1, -0.05) is 6.92 Å². The first kappa shape index (κ1) is 12.4. The summed E-state index contributed by atoms with van der Waals surface area (Å²) in [5.41, 5.74) is -0.893. The quantitative estimate of drug-likeness (QED) is 0.686. The van der Waals surface area contributed by atoms with Gasteiger partial charge in [-0.3, -0.25) is 4.79 Å². The third kappa shape index (κ3) is 2.46. The minimum atomic E-state index is -0.893. The van der Waals surface area contributed by atoms with Crippen LogP contribution in [0.2, 0.25) is 0 Å². The van der Waals surface area contributed by atoms with Crippen LogP contribution >= 0.6 is 11.8 Å². The highest BCUT2D eigenvalue weighted by atomic mass is 32.2. The van der Waals surface area contributed by atoms with Crippen molar-refractivity contribution >= 4 is 17.7 Å². The number of hydrogen-bond acceptors (Lipinski definition) is 3. The summed E-state index contributed by atoms with van der Waals surface area (Å²) in [6.45, 7) is 8.33. The maximum atomic E-state index is 12.1. The zero-order chi connectivity index (χ0) is 11.6. The molecule has 15 heavy (non-hydrogen) atoms. The van der Waals surface area contributed by atoms with Crippen molar-refractivity contribution in [2.45, 2.75) is 39.0 Å². The van der Waals surface area contributed by atoms with Gasteiger partial charge >= 0.3 is 0 Å². The van der Waals surface area contributed by atoms with E-state index in [4.69, 9.17) is 5.26 Å². The van der Waals surface area contributed by atoms with E-state index in [9.17, 15) is 4.79 Å². The van der Waals surface area contributed by atoms with Gasteiger partial charge in [-0.15, -0.1) is 0 Å². The lowest BCUT2D eigenvalue weighted by molar-refractivity contribution is -0.139. The van der Waals surface area contributed by atoms with Crippen molar-refractivity contribution < 1.29 is 4.79 Å². The van der Waals surface area contributed by atoms with Crippen LogP contribution in [0, 0.1) is 16.7 Å². The molecule has 1 rings (SSSR count). The van der Waals surface area contributed by atoms with Crippen LogP contribution in [0.3, 0.4) is 0 Å². The third-order valence-corrected chi connectivity index (χ3v) is 4.30. The van der Waals surface area contributed by atoms with Gasteiger partial charge in [0.25, 0.3) is 0 Å². The van der Waals surface area contributed by atoms with E-state index in [-0.39, 0.29) is 11.9 Å². The van der Waals surface area contributed by atoms with E-state index in [0.29, 0.717) is 5.25 Å². The summed E-state index contributed by atoms with van der Waals surface area (Å²) in [5, 5.41) is 9.40. The van der Waals surface area contributed by atoms with E-state index in [1.807, 2.05) is 16.7 Å². The average Bonchev–Trinajstić information content (AvgIpc) is 2.21. The number of amides is 1. The van der Waals surface area contributed by atoms with Crippen LogP contribution in [0.15, 0.2) is 0 Å².